The summed E-state index contributed by atoms with van der Waals surface area (Å²) in [6.07, 6.45) is 0.343. The number of hydrogen-bond acceptors (Lipinski definition) is 3. The van der Waals surface area contributed by atoms with Crippen molar-refractivity contribution in [1.82, 2.24) is 4.90 Å². The lowest BCUT2D eigenvalue weighted by Crippen LogP contribution is -2.47. The zero-order valence-electron chi connectivity index (χ0n) is 7.53. The minimum atomic E-state index is -0.419. The van der Waals surface area contributed by atoms with Crippen molar-refractivity contribution in [1.29, 1.82) is 0 Å². The average molecular weight is 171 g/mol. The normalized spacial score (nSPS) is 24.1. The van der Waals surface area contributed by atoms with E-state index >= 15 is 0 Å². The summed E-state index contributed by atoms with van der Waals surface area (Å²) in [5.74, 6) is 0. The van der Waals surface area contributed by atoms with Gasteiger partial charge in [-0.2, -0.15) is 0 Å². The van der Waals surface area contributed by atoms with Gasteiger partial charge in [0.1, 0.15) is 18.9 Å². The van der Waals surface area contributed by atoms with Crippen LogP contribution in [-0.2, 0) is 9.53 Å². The second kappa shape index (κ2) is 2.77. The second-order valence-electron chi connectivity index (χ2n) is 3.82. The predicted molar refractivity (Wildman–Crippen MR) is 42.8 cm³/mol. The Bertz CT molecular complexity index is 207. The first-order valence-electron chi connectivity index (χ1n) is 3.88. The molecule has 0 radical (unpaired) electrons. The van der Waals surface area contributed by atoms with Crippen molar-refractivity contribution in [3.8, 4) is 0 Å². The van der Waals surface area contributed by atoms with Gasteiger partial charge in [0.25, 0.3) is 0 Å². The van der Waals surface area contributed by atoms with Crippen molar-refractivity contribution in [3.63, 3.8) is 0 Å². The molecule has 0 aromatic heterocycles. The first-order valence-corrected chi connectivity index (χ1v) is 3.88. The molecule has 4 heteroatoms. The highest BCUT2D eigenvalue weighted by atomic mass is 16.6. The van der Waals surface area contributed by atoms with Crippen LogP contribution in [0.4, 0.5) is 4.79 Å². The Morgan fingerprint density at radius 3 is 2.50 bits per heavy atom. The molecule has 1 heterocycles. The molecular weight excluding hydrogens is 158 g/mol. The van der Waals surface area contributed by atoms with Gasteiger partial charge >= 0.3 is 6.09 Å². The van der Waals surface area contributed by atoms with Gasteiger partial charge in [-0.1, -0.05) is 0 Å². The molecule has 68 valence electrons. The topological polar surface area (TPSA) is 46.6 Å². The summed E-state index contributed by atoms with van der Waals surface area (Å²) in [4.78, 5) is 23.1. The third-order valence-electron chi connectivity index (χ3n) is 1.79. The van der Waals surface area contributed by atoms with Crippen LogP contribution in [0, 0.1) is 0 Å². The molecule has 1 fully saturated rings. The third-order valence-corrected chi connectivity index (χ3v) is 1.79. The number of amides is 1. The highest BCUT2D eigenvalue weighted by Crippen LogP contribution is 2.22. The minimum Gasteiger partial charge on any atom is -0.447 e. The van der Waals surface area contributed by atoms with Crippen LogP contribution in [0.3, 0.4) is 0 Å². The lowest BCUT2D eigenvalue weighted by atomic mass is 10.1. The van der Waals surface area contributed by atoms with Gasteiger partial charge in [0.15, 0.2) is 0 Å². The highest BCUT2D eigenvalue weighted by Gasteiger charge is 2.39. The molecule has 1 amide bonds. The van der Waals surface area contributed by atoms with E-state index in [4.69, 9.17) is 4.74 Å². The monoisotopic (exact) mass is 171 g/mol. The molecule has 0 aromatic carbocycles. The first kappa shape index (κ1) is 9.03. The maximum atomic E-state index is 11.1. The number of carbonyl (C=O) groups excluding carboxylic acids is 2. The summed E-state index contributed by atoms with van der Waals surface area (Å²) >= 11 is 0. The van der Waals surface area contributed by atoms with Gasteiger partial charge in [-0.25, -0.2) is 4.79 Å². The van der Waals surface area contributed by atoms with Crippen LogP contribution in [0.2, 0.25) is 0 Å². The lowest BCUT2D eigenvalue weighted by Gasteiger charge is -2.31. The standard InChI is InChI=1S/C8H13NO3/c1-8(2,3)9-6(4-10)5-12-7(9)11/h4,6H,5H2,1-3H3. The molecule has 0 aromatic rings. The summed E-state index contributed by atoms with van der Waals surface area (Å²) in [5.41, 5.74) is -0.348. The number of aldehydes is 1. The number of hydrogen-bond donors (Lipinski definition) is 0. The van der Waals surface area contributed by atoms with Crippen molar-refractivity contribution in [2.24, 2.45) is 0 Å². The molecule has 1 rings (SSSR count). The Morgan fingerprint density at radius 1 is 1.58 bits per heavy atom. The largest absolute Gasteiger partial charge is 0.447 e. The Labute approximate surface area is 71.5 Å². The zero-order chi connectivity index (χ0) is 9.35. The number of ether oxygens (including phenoxy) is 1. The summed E-state index contributed by atoms with van der Waals surface area (Å²) in [5, 5.41) is 0. The van der Waals surface area contributed by atoms with E-state index < -0.39 is 12.1 Å². The fraction of sp³-hybridized carbons (Fsp3) is 0.750. The van der Waals surface area contributed by atoms with Crippen LogP contribution < -0.4 is 0 Å². The van der Waals surface area contributed by atoms with Gasteiger partial charge in [-0.15, -0.1) is 0 Å². The van der Waals surface area contributed by atoms with Crippen LogP contribution in [0.15, 0.2) is 0 Å². The van der Waals surface area contributed by atoms with Gasteiger partial charge in [-0.3, -0.25) is 4.90 Å². The van der Waals surface area contributed by atoms with Gasteiger partial charge in [-0.05, 0) is 20.8 Å². The van der Waals surface area contributed by atoms with Crippen LogP contribution >= 0.6 is 0 Å². The zero-order valence-corrected chi connectivity index (χ0v) is 7.53. The first-order chi connectivity index (χ1) is 5.46. The fourth-order valence-corrected chi connectivity index (χ4v) is 1.31. The fourth-order valence-electron chi connectivity index (χ4n) is 1.31. The number of carbonyl (C=O) groups is 2. The van der Waals surface area contributed by atoms with E-state index in [1.54, 1.807) is 0 Å². The maximum Gasteiger partial charge on any atom is 0.411 e. The van der Waals surface area contributed by atoms with Crippen molar-refractivity contribution < 1.29 is 14.3 Å². The quantitative estimate of drug-likeness (QED) is 0.548. The van der Waals surface area contributed by atoms with Gasteiger partial charge < -0.3 is 9.53 Å². The summed E-state index contributed by atoms with van der Waals surface area (Å²) in [6, 6.07) is -0.419. The molecule has 12 heavy (non-hydrogen) atoms. The van der Waals surface area contributed by atoms with E-state index in [2.05, 4.69) is 0 Å². The maximum absolute atomic E-state index is 11.1. The molecule has 4 nitrogen and oxygen atoms in total. The lowest BCUT2D eigenvalue weighted by molar-refractivity contribution is -0.112. The van der Waals surface area contributed by atoms with Crippen LogP contribution in [0.1, 0.15) is 20.8 Å². The molecule has 1 aliphatic rings. The Hall–Kier alpha value is -1.06. The Balaban J connectivity index is 2.84. The highest BCUT2D eigenvalue weighted by molar-refractivity contribution is 5.77. The van der Waals surface area contributed by atoms with E-state index in [0.717, 1.165) is 6.29 Å². The molecule has 1 saturated heterocycles. The number of rotatable bonds is 1. The Morgan fingerprint density at radius 2 is 2.17 bits per heavy atom. The molecule has 0 spiro atoms. The smallest absolute Gasteiger partial charge is 0.411 e. The predicted octanol–water partition coefficient (Wildman–Crippen LogP) is 0.805. The minimum absolute atomic E-state index is 0.180. The summed E-state index contributed by atoms with van der Waals surface area (Å²) < 4.78 is 4.75. The van der Waals surface area contributed by atoms with E-state index in [1.807, 2.05) is 20.8 Å². The molecule has 0 aliphatic carbocycles. The average Bonchev–Trinajstić information content (AvgIpc) is 2.29. The number of nitrogens with zero attached hydrogens (tertiary/aromatic N) is 1. The van der Waals surface area contributed by atoms with E-state index in [0.29, 0.717) is 0 Å². The molecular formula is C8H13NO3. The van der Waals surface area contributed by atoms with Crippen molar-refractivity contribution in [3.05, 3.63) is 0 Å². The van der Waals surface area contributed by atoms with Crippen LogP contribution in [0.5, 0.6) is 0 Å². The van der Waals surface area contributed by atoms with Gasteiger partial charge in [0.05, 0.1) is 0 Å². The Kier molecular flexibility index (Phi) is 2.08. The number of cyclic esters (lactones) is 1. The van der Waals surface area contributed by atoms with Crippen LogP contribution in [0.25, 0.3) is 0 Å². The van der Waals surface area contributed by atoms with Gasteiger partial charge in [0, 0.05) is 5.54 Å². The molecule has 1 atom stereocenters. The molecule has 0 N–H and O–H groups in total. The summed E-state index contributed by atoms with van der Waals surface area (Å²) in [7, 11) is 0. The van der Waals surface area contributed by atoms with Crippen molar-refractivity contribution >= 4 is 12.4 Å². The molecule has 1 unspecified atom stereocenters. The molecule has 0 bridgehead atoms. The van der Waals surface area contributed by atoms with E-state index in [-0.39, 0.29) is 12.1 Å². The van der Waals surface area contributed by atoms with Crippen molar-refractivity contribution in [2.45, 2.75) is 32.4 Å². The van der Waals surface area contributed by atoms with E-state index in [1.165, 1.54) is 4.90 Å². The second-order valence-corrected chi connectivity index (χ2v) is 3.82. The van der Waals surface area contributed by atoms with Crippen molar-refractivity contribution in [2.75, 3.05) is 6.61 Å². The van der Waals surface area contributed by atoms with E-state index in [9.17, 15) is 9.59 Å². The van der Waals surface area contributed by atoms with Gasteiger partial charge in [0.2, 0.25) is 0 Å². The molecule has 1 aliphatic heterocycles. The van der Waals surface area contributed by atoms with Crippen LogP contribution in [-0.4, -0.2) is 35.5 Å². The summed E-state index contributed by atoms with van der Waals surface area (Å²) in [6.45, 7) is 5.79. The molecule has 0 saturated carbocycles. The SMILES string of the molecule is CC(C)(C)N1C(=O)OCC1C=O. The third kappa shape index (κ3) is 1.42.